The number of carboxylic acids is 1. The zero-order valence-corrected chi connectivity index (χ0v) is 16.0. The van der Waals surface area contributed by atoms with Crippen LogP contribution in [0.4, 0.5) is 10.5 Å². The van der Waals surface area contributed by atoms with Crippen LogP contribution >= 0.6 is 0 Å². The van der Waals surface area contributed by atoms with E-state index >= 15 is 0 Å². The van der Waals surface area contributed by atoms with Crippen molar-refractivity contribution in [2.45, 2.75) is 6.54 Å². The fourth-order valence-corrected chi connectivity index (χ4v) is 2.72. The Morgan fingerprint density at radius 2 is 1.63 bits per heavy atom. The quantitative estimate of drug-likeness (QED) is 0.483. The summed E-state index contributed by atoms with van der Waals surface area (Å²) in [6.45, 7) is -0.143. The number of aliphatic carboxylic acids is 1. The Morgan fingerprint density at radius 3 is 2.37 bits per heavy atom. The van der Waals surface area contributed by atoms with Crippen LogP contribution in [0, 0.1) is 0 Å². The highest BCUT2D eigenvalue weighted by atomic mass is 16.4. The van der Waals surface area contributed by atoms with Gasteiger partial charge in [0.1, 0.15) is 6.54 Å². The summed E-state index contributed by atoms with van der Waals surface area (Å²) >= 11 is 0. The van der Waals surface area contributed by atoms with E-state index in [-0.39, 0.29) is 6.03 Å². The summed E-state index contributed by atoms with van der Waals surface area (Å²) in [6.07, 6.45) is 1.66. The van der Waals surface area contributed by atoms with E-state index < -0.39 is 18.4 Å². The lowest BCUT2D eigenvalue weighted by Crippen LogP contribution is -2.29. The van der Waals surface area contributed by atoms with Crippen LogP contribution in [0.3, 0.4) is 0 Å². The molecule has 0 saturated heterocycles. The van der Waals surface area contributed by atoms with E-state index in [0.29, 0.717) is 17.8 Å². The van der Waals surface area contributed by atoms with E-state index in [4.69, 9.17) is 5.11 Å². The van der Waals surface area contributed by atoms with Crippen LogP contribution in [0.2, 0.25) is 0 Å². The third-order valence-corrected chi connectivity index (χ3v) is 4.13. The fraction of sp³-hybridized carbons (Fsp3) is 0.0909. The monoisotopic (exact) mass is 404 g/mol. The maximum atomic E-state index is 12.2. The maximum Gasteiger partial charge on any atom is 0.322 e. The number of carbonyl (C=O) groups is 3. The molecule has 1 aromatic heterocycles. The van der Waals surface area contributed by atoms with Crippen LogP contribution in [0.25, 0.3) is 11.1 Å². The second-order valence-corrected chi connectivity index (χ2v) is 6.37. The largest absolute Gasteiger partial charge is 0.480 e. The number of pyridine rings is 1. The number of anilines is 1. The molecule has 2 aromatic carbocycles. The average molecular weight is 404 g/mol. The maximum absolute atomic E-state index is 12.2. The van der Waals surface area contributed by atoms with Crippen molar-refractivity contribution in [3.63, 3.8) is 0 Å². The molecule has 0 bridgehead atoms. The van der Waals surface area contributed by atoms with Gasteiger partial charge in [0.15, 0.2) is 0 Å². The van der Waals surface area contributed by atoms with Gasteiger partial charge in [-0.1, -0.05) is 30.3 Å². The van der Waals surface area contributed by atoms with Crippen LogP contribution in [-0.2, 0) is 11.3 Å². The molecule has 3 rings (SSSR count). The van der Waals surface area contributed by atoms with Gasteiger partial charge in [0.25, 0.3) is 5.91 Å². The number of urea groups is 1. The van der Waals surface area contributed by atoms with E-state index in [1.165, 1.54) is 0 Å². The summed E-state index contributed by atoms with van der Waals surface area (Å²) in [5.74, 6) is -1.58. The molecule has 0 radical (unpaired) electrons. The Balaban J connectivity index is 1.66. The Kier molecular flexibility index (Phi) is 6.73. The number of amides is 3. The SMILES string of the molecule is O=C(O)CNC(=O)c1cccc(-c2cccc(NC(=O)NCc3ccccn3)c2)c1. The molecule has 3 amide bonds. The molecule has 1 heterocycles. The van der Waals surface area contributed by atoms with Crippen molar-refractivity contribution in [2.24, 2.45) is 0 Å². The summed E-state index contributed by atoms with van der Waals surface area (Å²) in [6, 6.07) is 19.1. The van der Waals surface area contributed by atoms with Crippen molar-refractivity contribution < 1.29 is 19.5 Å². The highest BCUT2D eigenvalue weighted by molar-refractivity contribution is 5.97. The standard InChI is InChI=1S/C22H20N4O4/c27-20(28)14-24-21(29)17-7-3-5-15(11-17)16-6-4-9-18(12-16)26-22(30)25-13-19-8-1-2-10-23-19/h1-12H,13-14H2,(H,24,29)(H,27,28)(H2,25,26,30). The van der Waals surface area contributed by atoms with Crippen molar-refractivity contribution >= 4 is 23.6 Å². The van der Waals surface area contributed by atoms with Gasteiger partial charge in [-0.3, -0.25) is 14.6 Å². The third kappa shape index (κ3) is 5.90. The summed E-state index contributed by atoms with van der Waals surface area (Å²) in [7, 11) is 0. The summed E-state index contributed by atoms with van der Waals surface area (Å²) < 4.78 is 0. The number of nitrogens with zero attached hydrogens (tertiary/aromatic N) is 1. The van der Waals surface area contributed by atoms with E-state index in [2.05, 4.69) is 20.9 Å². The number of aromatic nitrogens is 1. The normalized spacial score (nSPS) is 10.1. The first-order valence-corrected chi connectivity index (χ1v) is 9.16. The van der Waals surface area contributed by atoms with Crippen LogP contribution < -0.4 is 16.0 Å². The Morgan fingerprint density at radius 1 is 0.867 bits per heavy atom. The van der Waals surface area contributed by atoms with Gasteiger partial charge in [0.05, 0.1) is 12.2 Å². The number of carboxylic acid groups (broad SMARTS) is 1. The predicted molar refractivity (Wildman–Crippen MR) is 112 cm³/mol. The Labute approximate surface area is 173 Å². The number of hydrogen-bond donors (Lipinski definition) is 4. The number of hydrogen-bond acceptors (Lipinski definition) is 4. The molecule has 3 aromatic rings. The molecular formula is C22H20N4O4. The molecule has 0 fully saturated rings. The fourth-order valence-electron chi connectivity index (χ4n) is 2.72. The number of benzene rings is 2. The lowest BCUT2D eigenvalue weighted by Gasteiger charge is -2.10. The van der Waals surface area contributed by atoms with E-state index in [1.807, 2.05) is 24.3 Å². The van der Waals surface area contributed by atoms with Crippen molar-refractivity contribution in [3.05, 3.63) is 84.2 Å². The molecule has 0 unspecified atom stereocenters. The predicted octanol–water partition coefficient (Wildman–Crippen LogP) is 2.88. The first-order valence-electron chi connectivity index (χ1n) is 9.16. The highest BCUT2D eigenvalue weighted by Crippen LogP contribution is 2.23. The lowest BCUT2D eigenvalue weighted by molar-refractivity contribution is -0.135. The molecule has 0 saturated carbocycles. The van der Waals surface area contributed by atoms with Gasteiger partial charge in [-0.05, 0) is 47.5 Å². The van der Waals surface area contributed by atoms with E-state index in [1.54, 1.807) is 48.7 Å². The minimum atomic E-state index is -1.11. The van der Waals surface area contributed by atoms with E-state index in [0.717, 1.165) is 16.8 Å². The minimum absolute atomic E-state index is 0.305. The average Bonchev–Trinajstić information content (AvgIpc) is 2.77. The van der Waals surface area contributed by atoms with Gasteiger partial charge in [-0.25, -0.2) is 4.79 Å². The highest BCUT2D eigenvalue weighted by Gasteiger charge is 2.09. The van der Waals surface area contributed by atoms with Crippen LogP contribution in [0.1, 0.15) is 16.1 Å². The Hall–Kier alpha value is -4.20. The van der Waals surface area contributed by atoms with Crippen molar-refractivity contribution in [2.75, 3.05) is 11.9 Å². The van der Waals surface area contributed by atoms with Crippen LogP contribution in [0.15, 0.2) is 72.9 Å². The number of nitrogens with one attached hydrogen (secondary N) is 3. The molecule has 8 nitrogen and oxygen atoms in total. The topological polar surface area (TPSA) is 120 Å². The molecule has 0 spiro atoms. The van der Waals surface area contributed by atoms with Gasteiger partial charge in [0, 0.05) is 17.4 Å². The zero-order chi connectivity index (χ0) is 21.3. The van der Waals surface area contributed by atoms with Gasteiger partial charge in [-0.2, -0.15) is 0 Å². The summed E-state index contributed by atoms with van der Waals surface area (Å²) in [5.41, 5.74) is 3.24. The number of carbonyl (C=O) groups excluding carboxylic acids is 2. The Bertz CT molecular complexity index is 1050. The molecule has 152 valence electrons. The molecule has 30 heavy (non-hydrogen) atoms. The third-order valence-electron chi connectivity index (χ3n) is 4.13. The van der Waals surface area contributed by atoms with Crippen molar-refractivity contribution in [3.8, 4) is 11.1 Å². The molecular weight excluding hydrogens is 384 g/mol. The smallest absolute Gasteiger partial charge is 0.322 e. The summed E-state index contributed by atoms with van der Waals surface area (Å²) in [5, 5.41) is 16.5. The van der Waals surface area contributed by atoms with Gasteiger partial charge >= 0.3 is 12.0 Å². The first kappa shape index (κ1) is 20.5. The van der Waals surface area contributed by atoms with Gasteiger partial charge in [-0.15, -0.1) is 0 Å². The molecule has 8 heteroatoms. The minimum Gasteiger partial charge on any atom is -0.480 e. The summed E-state index contributed by atoms with van der Waals surface area (Å²) in [4.78, 5) is 39.0. The number of rotatable bonds is 7. The molecule has 4 N–H and O–H groups in total. The molecule has 0 atom stereocenters. The van der Waals surface area contributed by atoms with Crippen LogP contribution in [0.5, 0.6) is 0 Å². The lowest BCUT2D eigenvalue weighted by atomic mass is 10.0. The molecule has 0 aliphatic rings. The van der Waals surface area contributed by atoms with E-state index in [9.17, 15) is 14.4 Å². The van der Waals surface area contributed by atoms with Crippen molar-refractivity contribution in [1.29, 1.82) is 0 Å². The first-order chi connectivity index (χ1) is 14.5. The van der Waals surface area contributed by atoms with Crippen LogP contribution in [-0.4, -0.2) is 34.5 Å². The van der Waals surface area contributed by atoms with Gasteiger partial charge in [0.2, 0.25) is 0 Å². The second kappa shape index (κ2) is 9.83. The molecule has 0 aliphatic carbocycles. The van der Waals surface area contributed by atoms with Crippen molar-refractivity contribution in [1.82, 2.24) is 15.6 Å². The zero-order valence-electron chi connectivity index (χ0n) is 16.0. The second-order valence-electron chi connectivity index (χ2n) is 6.37. The molecule has 0 aliphatic heterocycles. The van der Waals surface area contributed by atoms with Gasteiger partial charge < -0.3 is 21.1 Å².